The molecular formula is C11H13F3N2O3. The maximum Gasteiger partial charge on any atom is 0.492 e. The molecule has 1 rings (SSSR count). The van der Waals surface area contributed by atoms with Crippen molar-refractivity contribution in [3.8, 4) is 0 Å². The van der Waals surface area contributed by atoms with Crippen molar-refractivity contribution < 1.29 is 22.7 Å². The molecule has 0 unspecified atom stereocenters. The number of halogens is 3. The number of aromatic nitrogens is 2. The third kappa shape index (κ3) is 3.80. The number of hydrogen-bond donors (Lipinski definition) is 0. The van der Waals surface area contributed by atoms with Crippen LogP contribution in [0.5, 0.6) is 0 Å². The van der Waals surface area contributed by atoms with Crippen molar-refractivity contribution in [2.75, 3.05) is 6.61 Å². The third-order valence-electron chi connectivity index (χ3n) is 2.37. The molecule has 1 heterocycles. The molecule has 0 N–H and O–H groups in total. The summed E-state index contributed by atoms with van der Waals surface area (Å²) < 4.78 is 42.2. The lowest BCUT2D eigenvalue weighted by Gasteiger charge is -2.13. The Hall–Kier alpha value is -1.86. The average molecular weight is 278 g/mol. The highest BCUT2D eigenvalue weighted by Gasteiger charge is 2.34. The summed E-state index contributed by atoms with van der Waals surface area (Å²) in [5.74, 6) is -1.02. The first-order valence-corrected chi connectivity index (χ1v) is 5.57. The molecule has 0 aliphatic carbocycles. The van der Waals surface area contributed by atoms with Gasteiger partial charge in [-0.2, -0.15) is 0 Å². The van der Waals surface area contributed by atoms with Crippen molar-refractivity contribution in [3.63, 3.8) is 0 Å². The van der Waals surface area contributed by atoms with Crippen LogP contribution in [0.25, 0.3) is 0 Å². The van der Waals surface area contributed by atoms with Gasteiger partial charge in [-0.15, -0.1) is 13.2 Å². The molecule has 0 aliphatic rings. The minimum atomic E-state index is -4.83. The quantitative estimate of drug-likeness (QED) is 0.783. The SMILES string of the molecule is CCOC(=O)CCc1cnc(C)n(C(F)(F)F)c1=O. The molecule has 0 aromatic carbocycles. The molecule has 0 spiro atoms. The van der Waals surface area contributed by atoms with E-state index < -0.39 is 23.7 Å². The van der Waals surface area contributed by atoms with Gasteiger partial charge in [0.2, 0.25) is 0 Å². The van der Waals surface area contributed by atoms with E-state index in [1.807, 2.05) is 0 Å². The van der Waals surface area contributed by atoms with Gasteiger partial charge >= 0.3 is 12.3 Å². The highest BCUT2D eigenvalue weighted by atomic mass is 19.4. The third-order valence-corrected chi connectivity index (χ3v) is 2.37. The van der Waals surface area contributed by atoms with E-state index in [0.717, 1.165) is 13.1 Å². The van der Waals surface area contributed by atoms with Crippen LogP contribution in [0.3, 0.4) is 0 Å². The number of carbonyl (C=O) groups excluding carboxylic acids is 1. The second-order valence-corrected chi connectivity index (χ2v) is 3.74. The van der Waals surface area contributed by atoms with Crippen molar-refractivity contribution >= 4 is 5.97 Å². The Morgan fingerprint density at radius 3 is 2.63 bits per heavy atom. The Balaban J connectivity index is 2.99. The van der Waals surface area contributed by atoms with Crippen LogP contribution >= 0.6 is 0 Å². The Labute approximate surface area is 107 Å². The fourth-order valence-corrected chi connectivity index (χ4v) is 1.51. The van der Waals surface area contributed by atoms with Gasteiger partial charge in [0.15, 0.2) is 0 Å². The summed E-state index contributed by atoms with van der Waals surface area (Å²) in [7, 11) is 0. The lowest BCUT2D eigenvalue weighted by Crippen LogP contribution is -2.35. The zero-order valence-corrected chi connectivity index (χ0v) is 10.5. The number of aryl methyl sites for hydroxylation is 2. The zero-order valence-electron chi connectivity index (χ0n) is 10.5. The number of alkyl halides is 3. The molecule has 0 radical (unpaired) electrons. The lowest BCUT2D eigenvalue weighted by molar-refractivity contribution is -0.208. The molecule has 1 aromatic rings. The first-order chi connectivity index (χ1) is 8.77. The van der Waals surface area contributed by atoms with Crippen molar-refractivity contribution in [1.29, 1.82) is 0 Å². The van der Waals surface area contributed by atoms with E-state index in [0.29, 0.717) is 0 Å². The van der Waals surface area contributed by atoms with Crippen LogP contribution in [0.15, 0.2) is 11.0 Å². The fraction of sp³-hybridized carbons (Fsp3) is 0.545. The summed E-state index contributed by atoms with van der Waals surface area (Å²) in [4.78, 5) is 26.3. The number of carbonyl (C=O) groups is 1. The fourth-order valence-electron chi connectivity index (χ4n) is 1.51. The predicted molar refractivity (Wildman–Crippen MR) is 59.5 cm³/mol. The van der Waals surface area contributed by atoms with Crippen LogP contribution in [0, 0.1) is 6.92 Å². The molecular weight excluding hydrogens is 265 g/mol. The topological polar surface area (TPSA) is 61.2 Å². The molecule has 0 amide bonds. The van der Waals surface area contributed by atoms with Gasteiger partial charge in [0.05, 0.1) is 6.61 Å². The van der Waals surface area contributed by atoms with Crippen LogP contribution in [0.4, 0.5) is 13.2 Å². The zero-order chi connectivity index (χ0) is 14.6. The number of nitrogens with zero attached hydrogens (tertiary/aromatic N) is 2. The molecule has 0 bridgehead atoms. The highest BCUT2D eigenvalue weighted by molar-refractivity contribution is 5.69. The van der Waals surface area contributed by atoms with Gasteiger partial charge in [-0.1, -0.05) is 0 Å². The van der Waals surface area contributed by atoms with Gasteiger partial charge in [-0.3, -0.25) is 9.59 Å². The Morgan fingerprint density at radius 2 is 2.11 bits per heavy atom. The minimum absolute atomic E-state index is 0.138. The number of hydrogen-bond acceptors (Lipinski definition) is 4. The molecule has 0 saturated carbocycles. The average Bonchev–Trinajstić information content (AvgIpc) is 2.26. The molecule has 8 heteroatoms. The minimum Gasteiger partial charge on any atom is -0.466 e. The summed E-state index contributed by atoms with van der Waals surface area (Å²) >= 11 is 0. The predicted octanol–water partition coefficient (Wildman–Crippen LogP) is 1.52. The molecule has 19 heavy (non-hydrogen) atoms. The van der Waals surface area contributed by atoms with E-state index in [2.05, 4.69) is 9.72 Å². The van der Waals surface area contributed by atoms with Gasteiger partial charge in [0, 0.05) is 18.2 Å². The summed E-state index contributed by atoms with van der Waals surface area (Å²) in [6, 6.07) is 0. The summed E-state index contributed by atoms with van der Waals surface area (Å²) in [5, 5.41) is 0. The van der Waals surface area contributed by atoms with Crippen LogP contribution in [-0.2, 0) is 22.3 Å². The Morgan fingerprint density at radius 1 is 1.47 bits per heavy atom. The maximum atomic E-state index is 12.6. The highest BCUT2D eigenvalue weighted by Crippen LogP contribution is 2.21. The number of rotatable bonds is 4. The Kier molecular flexibility index (Phi) is 4.68. The first kappa shape index (κ1) is 15.2. The van der Waals surface area contributed by atoms with Crippen LogP contribution in [0.1, 0.15) is 24.7 Å². The van der Waals surface area contributed by atoms with Crippen molar-refractivity contribution in [2.45, 2.75) is 33.0 Å². The first-order valence-electron chi connectivity index (χ1n) is 5.57. The van der Waals surface area contributed by atoms with Gasteiger partial charge in [-0.05, 0) is 20.3 Å². The largest absolute Gasteiger partial charge is 0.492 e. The van der Waals surface area contributed by atoms with Gasteiger partial charge in [0.25, 0.3) is 5.56 Å². The van der Waals surface area contributed by atoms with Gasteiger partial charge in [0.1, 0.15) is 5.82 Å². The van der Waals surface area contributed by atoms with Crippen LogP contribution in [0.2, 0.25) is 0 Å². The van der Waals surface area contributed by atoms with E-state index in [9.17, 15) is 22.8 Å². The van der Waals surface area contributed by atoms with Gasteiger partial charge in [-0.25, -0.2) is 9.55 Å². The normalized spacial score (nSPS) is 11.4. The van der Waals surface area contributed by atoms with E-state index >= 15 is 0 Å². The van der Waals surface area contributed by atoms with Crippen LogP contribution in [-0.4, -0.2) is 22.1 Å². The molecule has 0 aliphatic heterocycles. The second-order valence-electron chi connectivity index (χ2n) is 3.74. The Bertz CT molecular complexity index is 523. The molecule has 106 valence electrons. The van der Waals surface area contributed by atoms with Crippen LogP contribution < -0.4 is 5.56 Å². The van der Waals surface area contributed by atoms with E-state index in [1.165, 1.54) is 0 Å². The smallest absolute Gasteiger partial charge is 0.466 e. The van der Waals surface area contributed by atoms with Crippen molar-refractivity contribution in [1.82, 2.24) is 9.55 Å². The molecule has 0 saturated heterocycles. The molecule has 1 aromatic heterocycles. The van der Waals surface area contributed by atoms with Gasteiger partial charge < -0.3 is 4.74 Å². The van der Waals surface area contributed by atoms with E-state index in [1.54, 1.807) is 6.92 Å². The maximum absolute atomic E-state index is 12.6. The summed E-state index contributed by atoms with van der Waals surface area (Å²) in [6.07, 6.45) is -4.07. The summed E-state index contributed by atoms with van der Waals surface area (Å²) in [6.45, 7) is 2.88. The molecule has 0 fully saturated rings. The van der Waals surface area contributed by atoms with E-state index in [-0.39, 0.29) is 29.6 Å². The summed E-state index contributed by atoms with van der Waals surface area (Å²) in [5.41, 5.74) is -1.37. The lowest BCUT2D eigenvalue weighted by atomic mass is 10.2. The standard InChI is InChI=1S/C11H13F3N2O3/c1-3-19-9(17)5-4-8-6-15-7(2)16(10(8)18)11(12,13)14/h6H,3-5H2,1-2H3. The monoisotopic (exact) mass is 278 g/mol. The number of ether oxygens (including phenoxy) is 1. The number of esters is 1. The molecule has 5 nitrogen and oxygen atoms in total. The second kappa shape index (κ2) is 5.85. The molecule has 0 atom stereocenters. The van der Waals surface area contributed by atoms with E-state index in [4.69, 9.17) is 0 Å². The van der Waals surface area contributed by atoms with Crippen molar-refractivity contribution in [3.05, 3.63) is 27.9 Å². The van der Waals surface area contributed by atoms with Crippen molar-refractivity contribution in [2.24, 2.45) is 0 Å².